The average Bonchev–Trinajstić information content (AvgIpc) is 3.09. The van der Waals surface area contributed by atoms with Gasteiger partial charge in [-0.15, -0.1) is 0 Å². The molecule has 156 valence electrons. The van der Waals surface area contributed by atoms with Gasteiger partial charge in [0, 0.05) is 38.4 Å². The van der Waals surface area contributed by atoms with E-state index in [0.717, 1.165) is 11.1 Å². The first-order valence-electron chi connectivity index (χ1n) is 9.68. The van der Waals surface area contributed by atoms with Gasteiger partial charge in [0.2, 0.25) is 5.91 Å². The topological polar surface area (TPSA) is 75.4 Å². The van der Waals surface area contributed by atoms with Crippen molar-refractivity contribution >= 4 is 11.8 Å². The number of carbonyl (C=O) groups is 2. The molecule has 2 amide bonds. The smallest absolute Gasteiger partial charge is 0.257 e. The van der Waals surface area contributed by atoms with Crippen LogP contribution in [0.3, 0.4) is 0 Å². The largest absolute Gasteiger partial charge is 0.466 e. The second-order valence-corrected chi connectivity index (χ2v) is 7.06. The summed E-state index contributed by atoms with van der Waals surface area (Å²) in [5.41, 5.74) is 2.19. The molecular formula is C23H24FN3O3. The Morgan fingerprint density at radius 1 is 1.07 bits per heavy atom. The Hall–Kier alpha value is -3.48. The fourth-order valence-electron chi connectivity index (χ4n) is 3.10. The number of nitrogens with zero attached hydrogens (tertiary/aromatic N) is 2. The molecule has 0 aliphatic carbocycles. The maximum Gasteiger partial charge on any atom is 0.257 e. The van der Waals surface area contributed by atoms with Crippen LogP contribution in [0, 0.1) is 19.7 Å². The second kappa shape index (κ2) is 9.82. The number of hydrogen-bond acceptors (Lipinski definition) is 4. The van der Waals surface area contributed by atoms with Crippen LogP contribution in [0.25, 0.3) is 0 Å². The van der Waals surface area contributed by atoms with E-state index < -0.39 is 0 Å². The van der Waals surface area contributed by atoms with Crippen LogP contribution in [0.15, 0.2) is 59.3 Å². The number of rotatable bonds is 8. The van der Waals surface area contributed by atoms with Crippen molar-refractivity contribution < 1.29 is 18.4 Å². The van der Waals surface area contributed by atoms with E-state index in [1.54, 1.807) is 49.3 Å². The Kier molecular flexibility index (Phi) is 6.95. The molecule has 0 aliphatic rings. The molecule has 6 nitrogen and oxygen atoms in total. The zero-order valence-corrected chi connectivity index (χ0v) is 17.0. The van der Waals surface area contributed by atoms with Crippen LogP contribution in [-0.4, -0.2) is 28.2 Å². The minimum atomic E-state index is -0.339. The summed E-state index contributed by atoms with van der Waals surface area (Å²) in [6, 6.07) is 11.3. The van der Waals surface area contributed by atoms with Gasteiger partial charge in [-0.2, -0.15) is 0 Å². The molecule has 0 aliphatic heterocycles. The van der Waals surface area contributed by atoms with E-state index in [1.165, 1.54) is 12.1 Å². The van der Waals surface area contributed by atoms with E-state index in [2.05, 4.69) is 10.3 Å². The summed E-state index contributed by atoms with van der Waals surface area (Å²) in [5.74, 6) is 0.448. The number of carbonyl (C=O) groups excluding carboxylic acids is 2. The van der Waals surface area contributed by atoms with Crippen molar-refractivity contribution in [3.63, 3.8) is 0 Å². The van der Waals surface area contributed by atoms with E-state index in [0.29, 0.717) is 23.6 Å². The zero-order chi connectivity index (χ0) is 21.5. The highest BCUT2D eigenvalue weighted by Crippen LogP contribution is 2.18. The van der Waals surface area contributed by atoms with Crippen LogP contribution in [0.2, 0.25) is 0 Å². The number of furan rings is 1. The lowest BCUT2D eigenvalue weighted by Crippen LogP contribution is -2.35. The van der Waals surface area contributed by atoms with E-state index in [-0.39, 0.29) is 37.1 Å². The molecule has 0 bridgehead atoms. The number of benzene rings is 1. The molecule has 0 unspecified atom stereocenters. The minimum absolute atomic E-state index is 0.147. The van der Waals surface area contributed by atoms with E-state index in [9.17, 15) is 14.0 Å². The van der Waals surface area contributed by atoms with Gasteiger partial charge in [-0.05, 0) is 55.3 Å². The summed E-state index contributed by atoms with van der Waals surface area (Å²) >= 11 is 0. The van der Waals surface area contributed by atoms with Gasteiger partial charge in [0.25, 0.3) is 5.91 Å². The highest BCUT2D eigenvalue weighted by molar-refractivity contribution is 5.95. The summed E-state index contributed by atoms with van der Waals surface area (Å²) < 4.78 is 18.7. The molecule has 30 heavy (non-hydrogen) atoms. The third-order valence-corrected chi connectivity index (χ3v) is 4.69. The van der Waals surface area contributed by atoms with Crippen LogP contribution < -0.4 is 5.32 Å². The SMILES string of the molecule is Cc1cc(C(=O)N(CCC(=O)NCc2ccncc2)Cc2ccc(F)cc2)c(C)o1. The van der Waals surface area contributed by atoms with Gasteiger partial charge in [0.05, 0.1) is 5.56 Å². The molecule has 0 fully saturated rings. The highest BCUT2D eigenvalue weighted by atomic mass is 19.1. The second-order valence-electron chi connectivity index (χ2n) is 7.06. The maximum atomic E-state index is 13.2. The molecule has 1 N–H and O–H groups in total. The van der Waals surface area contributed by atoms with Gasteiger partial charge in [0.15, 0.2) is 0 Å². The molecule has 0 saturated heterocycles. The van der Waals surface area contributed by atoms with Crippen LogP contribution in [0.5, 0.6) is 0 Å². The fourth-order valence-corrected chi connectivity index (χ4v) is 3.10. The van der Waals surface area contributed by atoms with Crippen LogP contribution in [0.1, 0.15) is 39.4 Å². The van der Waals surface area contributed by atoms with Crippen molar-refractivity contribution in [2.75, 3.05) is 6.54 Å². The normalized spacial score (nSPS) is 10.6. The quantitative estimate of drug-likeness (QED) is 0.614. The Morgan fingerprint density at radius 2 is 1.77 bits per heavy atom. The molecule has 7 heteroatoms. The average molecular weight is 409 g/mol. The van der Waals surface area contributed by atoms with Gasteiger partial charge in [-0.25, -0.2) is 4.39 Å². The minimum Gasteiger partial charge on any atom is -0.466 e. The van der Waals surface area contributed by atoms with Crippen molar-refractivity contribution in [1.29, 1.82) is 0 Å². The first kappa shape index (κ1) is 21.2. The first-order chi connectivity index (χ1) is 14.4. The van der Waals surface area contributed by atoms with Crippen molar-refractivity contribution in [3.05, 3.63) is 88.9 Å². The van der Waals surface area contributed by atoms with Crippen molar-refractivity contribution in [3.8, 4) is 0 Å². The van der Waals surface area contributed by atoms with Crippen molar-refractivity contribution in [2.24, 2.45) is 0 Å². The lowest BCUT2D eigenvalue weighted by molar-refractivity contribution is -0.121. The molecule has 0 spiro atoms. The maximum absolute atomic E-state index is 13.2. The number of amides is 2. The van der Waals surface area contributed by atoms with Crippen molar-refractivity contribution in [2.45, 2.75) is 33.4 Å². The van der Waals surface area contributed by atoms with Gasteiger partial charge < -0.3 is 14.6 Å². The summed E-state index contributed by atoms with van der Waals surface area (Å²) in [6.45, 7) is 4.40. The third-order valence-electron chi connectivity index (χ3n) is 4.69. The number of hydrogen-bond donors (Lipinski definition) is 1. The molecule has 0 saturated carbocycles. The van der Waals surface area contributed by atoms with E-state index in [4.69, 9.17) is 4.42 Å². The van der Waals surface area contributed by atoms with Gasteiger partial charge >= 0.3 is 0 Å². The van der Waals surface area contributed by atoms with Crippen molar-refractivity contribution in [1.82, 2.24) is 15.2 Å². The molecule has 2 heterocycles. The van der Waals surface area contributed by atoms with Crippen LogP contribution in [0.4, 0.5) is 4.39 Å². The third kappa shape index (κ3) is 5.76. The van der Waals surface area contributed by atoms with E-state index in [1.807, 2.05) is 12.1 Å². The number of aromatic nitrogens is 1. The molecule has 1 aromatic carbocycles. The molecule has 0 radical (unpaired) electrons. The van der Waals surface area contributed by atoms with Gasteiger partial charge in [0.1, 0.15) is 17.3 Å². The number of halogens is 1. The molecular weight excluding hydrogens is 385 g/mol. The Morgan fingerprint density at radius 3 is 2.40 bits per heavy atom. The summed E-state index contributed by atoms with van der Waals surface area (Å²) in [6.07, 6.45) is 3.48. The highest BCUT2D eigenvalue weighted by Gasteiger charge is 2.21. The Balaban J connectivity index is 1.67. The van der Waals surface area contributed by atoms with Gasteiger partial charge in [-0.3, -0.25) is 14.6 Å². The summed E-state index contributed by atoms with van der Waals surface area (Å²) in [4.78, 5) is 30.9. The predicted octanol–water partition coefficient (Wildman–Crippen LogP) is 3.78. The lowest BCUT2D eigenvalue weighted by atomic mass is 10.1. The zero-order valence-electron chi connectivity index (χ0n) is 17.0. The number of pyridine rings is 1. The van der Waals surface area contributed by atoms with Crippen LogP contribution >= 0.6 is 0 Å². The molecule has 0 atom stereocenters. The lowest BCUT2D eigenvalue weighted by Gasteiger charge is -2.22. The number of aryl methyl sites for hydroxylation is 2. The standard InChI is InChI=1S/C23H24FN3O3/c1-16-13-21(17(2)30-16)23(29)27(15-19-3-5-20(24)6-4-19)12-9-22(28)26-14-18-7-10-25-11-8-18/h3-8,10-11,13H,9,12,14-15H2,1-2H3,(H,26,28). The molecule has 3 aromatic rings. The Labute approximate surface area is 174 Å². The van der Waals surface area contributed by atoms with Gasteiger partial charge in [-0.1, -0.05) is 12.1 Å². The molecule has 3 rings (SSSR count). The summed E-state index contributed by atoms with van der Waals surface area (Å²) in [5, 5.41) is 2.85. The molecule has 2 aromatic heterocycles. The van der Waals surface area contributed by atoms with E-state index >= 15 is 0 Å². The van der Waals surface area contributed by atoms with Crippen LogP contribution in [-0.2, 0) is 17.9 Å². The Bertz CT molecular complexity index is 1000. The first-order valence-corrected chi connectivity index (χ1v) is 9.68. The predicted molar refractivity (Wildman–Crippen MR) is 110 cm³/mol. The monoisotopic (exact) mass is 409 g/mol. The fraction of sp³-hybridized carbons (Fsp3) is 0.261. The summed E-state index contributed by atoms with van der Waals surface area (Å²) in [7, 11) is 0. The number of nitrogens with one attached hydrogen (secondary N) is 1.